The van der Waals surface area contributed by atoms with Gasteiger partial charge in [-0.2, -0.15) is 0 Å². The van der Waals surface area contributed by atoms with E-state index in [1.807, 2.05) is 31.2 Å². The number of para-hydroxylation sites is 2. The third kappa shape index (κ3) is 3.29. The molecule has 1 aromatic carbocycles. The molecule has 0 heterocycles. The average Bonchev–Trinajstić information content (AvgIpc) is 2.92. The molecular formula is C18H25NO2. The summed E-state index contributed by atoms with van der Waals surface area (Å²) in [5.41, 5.74) is 2.04. The fourth-order valence-corrected chi connectivity index (χ4v) is 2.91. The molecule has 1 saturated carbocycles. The number of rotatable bonds is 5. The first-order valence-corrected chi connectivity index (χ1v) is 7.55. The van der Waals surface area contributed by atoms with E-state index in [0.717, 1.165) is 11.4 Å². The van der Waals surface area contributed by atoms with Crippen LogP contribution in [-0.4, -0.2) is 12.5 Å². The van der Waals surface area contributed by atoms with Gasteiger partial charge in [-0.1, -0.05) is 37.6 Å². The van der Waals surface area contributed by atoms with Crippen LogP contribution in [0.1, 0.15) is 34.6 Å². The molecule has 2 atom stereocenters. The summed E-state index contributed by atoms with van der Waals surface area (Å²) in [6, 6.07) is 7.58. The van der Waals surface area contributed by atoms with E-state index in [0.29, 0.717) is 12.5 Å². The molecule has 1 aromatic rings. The summed E-state index contributed by atoms with van der Waals surface area (Å²) in [4.78, 5) is 12.5. The van der Waals surface area contributed by atoms with Crippen molar-refractivity contribution in [3.63, 3.8) is 0 Å². The quantitative estimate of drug-likeness (QED) is 0.822. The van der Waals surface area contributed by atoms with Crippen molar-refractivity contribution in [1.82, 2.24) is 0 Å². The van der Waals surface area contributed by atoms with Gasteiger partial charge in [0.2, 0.25) is 5.91 Å². The Bertz CT molecular complexity index is 556. The Labute approximate surface area is 127 Å². The zero-order chi connectivity index (χ0) is 15.6. The fraction of sp³-hybridized carbons (Fsp3) is 0.500. The van der Waals surface area contributed by atoms with E-state index in [1.54, 1.807) is 0 Å². The van der Waals surface area contributed by atoms with Gasteiger partial charge in [0.1, 0.15) is 5.75 Å². The first kappa shape index (κ1) is 15.6. The Morgan fingerprint density at radius 1 is 1.33 bits per heavy atom. The van der Waals surface area contributed by atoms with Crippen molar-refractivity contribution in [2.24, 2.45) is 17.3 Å². The highest BCUT2D eigenvalue weighted by atomic mass is 16.5. The molecule has 0 aromatic heterocycles. The van der Waals surface area contributed by atoms with Gasteiger partial charge < -0.3 is 10.1 Å². The van der Waals surface area contributed by atoms with E-state index >= 15 is 0 Å². The Morgan fingerprint density at radius 2 is 2.00 bits per heavy atom. The van der Waals surface area contributed by atoms with Gasteiger partial charge in [0.15, 0.2) is 0 Å². The number of ether oxygens (including phenoxy) is 1. The topological polar surface area (TPSA) is 38.3 Å². The number of anilines is 1. The Kier molecular flexibility index (Phi) is 4.40. The van der Waals surface area contributed by atoms with Gasteiger partial charge in [0.25, 0.3) is 0 Å². The van der Waals surface area contributed by atoms with Gasteiger partial charge in [0, 0.05) is 0 Å². The van der Waals surface area contributed by atoms with Gasteiger partial charge >= 0.3 is 0 Å². The minimum atomic E-state index is 0.0297. The number of carbonyl (C=O) groups excluding carboxylic acids is 1. The Hall–Kier alpha value is -1.77. The lowest BCUT2D eigenvalue weighted by molar-refractivity contribution is -0.118. The summed E-state index contributed by atoms with van der Waals surface area (Å²) >= 11 is 0. The minimum absolute atomic E-state index is 0.0297. The molecule has 1 fully saturated rings. The third-order valence-corrected chi connectivity index (χ3v) is 4.15. The smallest absolute Gasteiger partial charge is 0.228 e. The van der Waals surface area contributed by atoms with E-state index in [1.165, 1.54) is 5.57 Å². The maximum Gasteiger partial charge on any atom is 0.228 e. The van der Waals surface area contributed by atoms with Crippen molar-refractivity contribution in [2.75, 3.05) is 11.9 Å². The molecule has 1 N–H and O–H groups in total. The van der Waals surface area contributed by atoms with E-state index in [9.17, 15) is 4.79 Å². The molecule has 0 spiro atoms. The van der Waals surface area contributed by atoms with Crippen LogP contribution >= 0.6 is 0 Å². The molecule has 1 aliphatic rings. The van der Waals surface area contributed by atoms with Crippen LogP contribution in [0, 0.1) is 17.3 Å². The second kappa shape index (κ2) is 5.92. The largest absolute Gasteiger partial charge is 0.492 e. The molecule has 2 rings (SSSR count). The summed E-state index contributed by atoms with van der Waals surface area (Å²) in [6.45, 7) is 11.0. The number of benzene rings is 1. The number of allylic oxidation sites excluding steroid dienone is 2. The van der Waals surface area contributed by atoms with Crippen LogP contribution in [0.5, 0.6) is 5.75 Å². The molecule has 3 nitrogen and oxygen atoms in total. The number of nitrogens with one attached hydrogen (secondary N) is 1. The van der Waals surface area contributed by atoms with Crippen molar-refractivity contribution >= 4 is 11.6 Å². The van der Waals surface area contributed by atoms with Crippen molar-refractivity contribution < 1.29 is 9.53 Å². The third-order valence-electron chi connectivity index (χ3n) is 4.15. The maximum atomic E-state index is 12.5. The van der Waals surface area contributed by atoms with E-state index in [-0.39, 0.29) is 17.2 Å². The summed E-state index contributed by atoms with van der Waals surface area (Å²) in [5, 5.41) is 3.02. The van der Waals surface area contributed by atoms with E-state index in [4.69, 9.17) is 4.74 Å². The normalized spacial score (nSPS) is 22.3. The number of amides is 1. The van der Waals surface area contributed by atoms with Crippen LogP contribution in [0.3, 0.4) is 0 Å². The lowest BCUT2D eigenvalue weighted by Crippen LogP contribution is -2.17. The molecule has 114 valence electrons. The lowest BCUT2D eigenvalue weighted by Gasteiger charge is -2.11. The number of hydrogen-bond acceptors (Lipinski definition) is 2. The molecule has 1 aliphatic carbocycles. The molecule has 0 unspecified atom stereocenters. The lowest BCUT2D eigenvalue weighted by atomic mass is 10.1. The predicted molar refractivity (Wildman–Crippen MR) is 86.4 cm³/mol. The summed E-state index contributed by atoms with van der Waals surface area (Å²) in [6.07, 6.45) is 2.21. The van der Waals surface area contributed by atoms with Crippen molar-refractivity contribution in [1.29, 1.82) is 0 Å². The standard InChI is InChI=1S/C18H25NO2/c1-6-21-15-10-8-7-9-14(15)19-17(20)16-13(11-12(2)3)18(16,4)5/h7-11,13,16H,6H2,1-5H3,(H,19,20)/t13-,16+/m1/s1. The maximum absolute atomic E-state index is 12.5. The van der Waals surface area contributed by atoms with Crippen LogP contribution in [0.25, 0.3) is 0 Å². The summed E-state index contributed by atoms with van der Waals surface area (Å²) in [5.74, 6) is 1.16. The Balaban J connectivity index is 2.11. The van der Waals surface area contributed by atoms with E-state index < -0.39 is 0 Å². The monoisotopic (exact) mass is 287 g/mol. The first-order chi connectivity index (χ1) is 9.87. The molecule has 1 amide bonds. The predicted octanol–water partition coefficient (Wildman–Crippen LogP) is 4.26. The molecule has 0 aliphatic heterocycles. The SMILES string of the molecule is CCOc1ccccc1NC(=O)[C@@H]1[C@@H](C=C(C)C)C1(C)C. The minimum Gasteiger partial charge on any atom is -0.492 e. The van der Waals surface area contributed by atoms with Gasteiger partial charge in [0.05, 0.1) is 18.2 Å². The van der Waals surface area contributed by atoms with Crippen molar-refractivity contribution in [3.05, 3.63) is 35.9 Å². The zero-order valence-electron chi connectivity index (χ0n) is 13.6. The Morgan fingerprint density at radius 3 is 2.62 bits per heavy atom. The van der Waals surface area contributed by atoms with Gasteiger partial charge in [-0.3, -0.25) is 4.79 Å². The van der Waals surface area contributed by atoms with E-state index in [2.05, 4.69) is 39.1 Å². The second-order valence-electron chi connectivity index (χ2n) is 6.49. The molecule has 0 saturated heterocycles. The first-order valence-electron chi connectivity index (χ1n) is 7.55. The van der Waals surface area contributed by atoms with Gasteiger partial charge in [-0.15, -0.1) is 0 Å². The molecule has 0 radical (unpaired) electrons. The fourth-order valence-electron chi connectivity index (χ4n) is 2.91. The van der Waals surface area contributed by atoms with Gasteiger partial charge in [-0.05, 0) is 44.2 Å². The van der Waals surface area contributed by atoms with Crippen LogP contribution in [0.4, 0.5) is 5.69 Å². The van der Waals surface area contributed by atoms with Crippen molar-refractivity contribution in [2.45, 2.75) is 34.6 Å². The number of hydrogen-bond donors (Lipinski definition) is 1. The van der Waals surface area contributed by atoms with Crippen LogP contribution in [0.2, 0.25) is 0 Å². The average molecular weight is 287 g/mol. The summed E-state index contributed by atoms with van der Waals surface area (Å²) in [7, 11) is 0. The molecule has 3 heteroatoms. The molecule has 0 bridgehead atoms. The van der Waals surface area contributed by atoms with Crippen LogP contribution in [-0.2, 0) is 4.79 Å². The molecular weight excluding hydrogens is 262 g/mol. The van der Waals surface area contributed by atoms with Crippen LogP contribution in [0.15, 0.2) is 35.9 Å². The highest BCUT2D eigenvalue weighted by Gasteiger charge is 2.60. The van der Waals surface area contributed by atoms with Gasteiger partial charge in [-0.25, -0.2) is 0 Å². The zero-order valence-corrected chi connectivity index (χ0v) is 13.6. The number of carbonyl (C=O) groups is 1. The summed E-state index contributed by atoms with van der Waals surface area (Å²) < 4.78 is 5.55. The van der Waals surface area contributed by atoms with Crippen molar-refractivity contribution in [3.8, 4) is 5.75 Å². The second-order valence-corrected chi connectivity index (χ2v) is 6.49. The molecule has 21 heavy (non-hydrogen) atoms. The highest BCUT2D eigenvalue weighted by Crippen LogP contribution is 2.59. The highest BCUT2D eigenvalue weighted by molar-refractivity contribution is 5.96. The van der Waals surface area contributed by atoms with Crippen LogP contribution < -0.4 is 10.1 Å².